The zero-order chi connectivity index (χ0) is 27.6. The number of hydrogen-bond donors (Lipinski definition) is 1. The molecule has 0 saturated carbocycles. The van der Waals surface area contributed by atoms with Crippen molar-refractivity contribution in [3.63, 3.8) is 0 Å². The number of carbonyl (C=O) groups is 2. The van der Waals surface area contributed by atoms with Crippen LogP contribution in [0.15, 0.2) is 66.2 Å². The molecule has 1 heterocycles. The lowest BCUT2D eigenvalue weighted by Gasteiger charge is -2.26. The maximum absolute atomic E-state index is 13.5. The normalized spacial score (nSPS) is 16.6. The maximum atomic E-state index is 13.5. The quantitative estimate of drug-likeness (QED) is 0.241. The van der Waals surface area contributed by atoms with Gasteiger partial charge in [-0.25, -0.2) is 0 Å². The number of rotatable bonds is 8. The van der Waals surface area contributed by atoms with Gasteiger partial charge in [-0.1, -0.05) is 32.0 Å². The minimum absolute atomic E-state index is 0.0707. The highest BCUT2D eigenvalue weighted by Crippen LogP contribution is 2.45. The molecule has 1 amide bonds. The molecule has 1 aliphatic heterocycles. The molecule has 0 spiro atoms. The molecule has 1 N–H and O–H groups in total. The summed E-state index contributed by atoms with van der Waals surface area (Å²) in [5.41, 5.74) is 2.36. The Morgan fingerprint density at radius 3 is 2.03 bits per heavy atom. The predicted molar refractivity (Wildman–Crippen MR) is 144 cm³/mol. The summed E-state index contributed by atoms with van der Waals surface area (Å²) in [6.45, 7) is 4.15. The van der Waals surface area contributed by atoms with Crippen LogP contribution in [0.3, 0.4) is 0 Å². The third kappa shape index (κ3) is 4.65. The number of carbonyl (C=O) groups excluding carboxylic acids is 2. The van der Waals surface area contributed by atoms with E-state index in [2.05, 4.69) is 13.8 Å². The average molecular weight is 518 g/mol. The third-order valence-corrected chi connectivity index (χ3v) is 6.67. The number of methoxy groups -OCH3 is 4. The molecule has 4 rings (SSSR count). The van der Waals surface area contributed by atoms with Crippen molar-refractivity contribution >= 4 is 23.1 Å². The first-order chi connectivity index (χ1) is 18.2. The summed E-state index contributed by atoms with van der Waals surface area (Å²) in [6.07, 6.45) is 0. The van der Waals surface area contributed by atoms with Gasteiger partial charge in [-0.15, -0.1) is 0 Å². The molecule has 3 aromatic carbocycles. The van der Waals surface area contributed by atoms with Gasteiger partial charge in [0.15, 0.2) is 11.5 Å². The van der Waals surface area contributed by atoms with E-state index in [1.54, 1.807) is 36.4 Å². The maximum Gasteiger partial charge on any atom is 0.300 e. The van der Waals surface area contributed by atoms with Gasteiger partial charge in [-0.2, -0.15) is 0 Å². The van der Waals surface area contributed by atoms with Crippen LogP contribution in [0.25, 0.3) is 5.76 Å². The first-order valence-corrected chi connectivity index (χ1v) is 12.1. The number of aliphatic hydroxyl groups excluding tert-OH is 1. The summed E-state index contributed by atoms with van der Waals surface area (Å²) >= 11 is 0. The van der Waals surface area contributed by atoms with E-state index in [0.29, 0.717) is 40.2 Å². The molecule has 8 nitrogen and oxygen atoms in total. The van der Waals surface area contributed by atoms with Gasteiger partial charge < -0.3 is 24.1 Å². The molecule has 8 heteroatoms. The summed E-state index contributed by atoms with van der Waals surface area (Å²) < 4.78 is 21.6. The minimum Gasteiger partial charge on any atom is -0.507 e. The number of anilines is 1. The Bertz CT molecular complexity index is 1390. The van der Waals surface area contributed by atoms with E-state index < -0.39 is 17.7 Å². The molecule has 0 aromatic heterocycles. The Hall–Kier alpha value is -4.46. The van der Waals surface area contributed by atoms with Gasteiger partial charge in [0.05, 0.1) is 45.6 Å². The number of hydrogen-bond acceptors (Lipinski definition) is 7. The summed E-state index contributed by atoms with van der Waals surface area (Å²) in [6, 6.07) is 16.5. The fourth-order valence-electron chi connectivity index (χ4n) is 4.60. The van der Waals surface area contributed by atoms with Gasteiger partial charge >= 0.3 is 0 Å². The van der Waals surface area contributed by atoms with Gasteiger partial charge in [0.1, 0.15) is 17.3 Å². The lowest BCUT2D eigenvalue weighted by molar-refractivity contribution is -0.132. The average Bonchev–Trinajstić information content (AvgIpc) is 3.21. The molecule has 38 heavy (non-hydrogen) atoms. The van der Waals surface area contributed by atoms with Gasteiger partial charge in [-0.05, 0) is 53.4 Å². The summed E-state index contributed by atoms with van der Waals surface area (Å²) in [5, 5.41) is 11.5. The van der Waals surface area contributed by atoms with E-state index in [0.717, 1.165) is 5.56 Å². The van der Waals surface area contributed by atoms with E-state index in [1.165, 1.54) is 33.3 Å². The van der Waals surface area contributed by atoms with Crippen LogP contribution in [0.5, 0.6) is 23.0 Å². The number of ketones is 1. The van der Waals surface area contributed by atoms with Crippen molar-refractivity contribution in [2.45, 2.75) is 25.8 Å². The molecular weight excluding hydrogens is 486 g/mol. The fraction of sp³-hybridized carbons (Fsp3) is 0.267. The largest absolute Gasteiger partial charge is 0.507 e. The van der Waals surface area contributed by atoms with Crippen molar-refractivity contribution in [3.8, 4) is 23.0 Å². The smallest absolute Gasteiger partial charge is 0.300 e. The van der Waals surface area contributed by atoms with Gasteiger partial charge in [0.2, 0.25) is 0 Å². The zero-order valence-electron chi connectivity index (χ0n) is 22.3. The number of nitrogens with zero attached hydrogens (tertiary/aromatic N) is 1. The highest BCUT2D eigenvalue weighted by Gasteiger charge is 2.47. The number of amides is 1. The van der Waals surface area contributed by atoms with Crippen molar-refractivity contribution < 1.29 is 33.6 Å². The molecule has 1 atom stereocenters. The van der Waals surface area contributed by atoms with Crippen LogP contribution >= 0.6 is 0 Å². The lowest BCUT2D eigenvalue weighted by atomic mass is 9.94. The lowest BCUT2D eigenvalue weighted by Crippen LogP contribution is -2.29. The van der Waals surface area contributed by atoms with Gasteiger partial charge in [-0.3, -0.25) is 14.5 Å². The van der Waals surface area contributed by atoms with Crippen LogP contribution in [0, 0.1) is 0 Å². The van der Waals surface area contributed by atoms with Crippen LogP contribution in [-0.2, 0) is 9.59 Å². The number of Topliss-reactive ketones (excluding diaryl/α,β-unsaturated/α-hetero) is 1. The molecule has 1 aliphatic rings. The Balaban J connectivity index is 1.97. The van der Waals surface area contributed by atoms with Crippen molar-refractivity contribution in [3.05, 3.63) is 82.9 Å². The van der Waals surface area contributed by atoms with Crippen LogP contribution in [0.2, 0.25) is 0 Å². The molecule has 0 aliphatic carbocycles. The zero-order valence-corrected chi connectivity index (χ0v) is 22.3. The molecule has 3 aromatic rings. The van der Waals surface area contributed by atoms with Gasteiger partial charge in [0.25, 0.3) is 11.7 Å². The first-order valence-electron chi connectivity index (χ1n) is 12.1. The van der Waals surface area contributed by atoms with Crippen molar-refractivity contribution in [2.24, 2.45) is 0 Å². The molecule has 0 radical (unpaired) electrons. The van der Waals surface area contributed by atoms with E-state index in [1.807, 2.05) is 24.3 Å². The first kappa shape index (κ1) is 26.6. The van der Waals surface area contributed by atoms with Crippen molar-refractivity contribution in [1.82, 2.24) is 0 Å². The molecule has 0 bridgehead atoms. The second kappa shape index (κ2) is 10.9. The summed E-state index contributed by atoms with van der Waals surface area (Å²) in [5.74, 6) is 0.0943. The third-order valence-electron chi connectivity index (χ3n) is 6.67. The Kier molecular flexibility index (Phi) is 7.62. The van der Waals surface area contributed by atoms with Crippen LogP contribution in [0.4, 0.5) is 5.69 Å². The Morgan fingerprint density at radius 1 is 0.789 bits per heavy atom. The molecular formula is C30H31NO7. The van der Waals surface area contributed by atoms with Crippen LogP contribution < -0.4 is 23.8 Å². The number of aliphatic hydroxyl groups is 1. The van der Waals surface area contributed by atoms with Crippen LogP contribution in [0.1, 0.15) is 42.5 Å². The number of benzene rings is 3. The van der Waals surface area contributed by atoms with E-state index in [-0.39, 0.29) is 16.9 Å². The topological polar surface area (TPSA) is 94.5 Å². The van der Waals surface area contributed by atoms with Gasteiger partial charge in [0, 0.05) is 11.8 Å². The van der Waals surface area contributed by atoms with Crippen molar-refractivity contribution in [1.29, 1.82) is 0 Å². The van der Waals surface area contributed by atoms with E-state index in [9.17, 15) is 14.7 Å². The molecule has 1 fully saturated rings. The van der Waals surface area contributed by atoms with Crippen molar-refractivity contribution in [2.75, 3.05) is 33.3 Å². The Morgan fingerprint density at radius 2 is 1.45 bits per heavy atom. The summed E-state index contributed by atoms with van der Waals surface area (Å²) in [7, 11) is 6.00. The molecule has 1 unspecified atom stereocenters. The highest BCUT2D eigenvalue weighted by molar-refractivity contribution is 6.51. The summed E-state index contributed by atoms with van der Waals surface area (Å²) in [4.78, 5) is 28.4. The SMILES string of the molecule is COc1ccc(/C(O)=C2\C(=O)C(=O)N(c3ccc(C(C)C)cc3)C2c2ccc(OC)c(OC)c2)c(OC)c1. The van der Waals surface area contributed by atoms with Crippen LogP contribution in [-0.4, -0.2) is 45.2 Å². The molecule has 1 saturated heterocycles. The second-order valence-electron chi connectivity index (χ2n) is 9.10. The van der Waals surface area contributed by atoms with E-state index >= 15 is 0 Å². The minimum atomic E-state index is -0.938. The second-order valence-corrected chi connectivity index (χ2v) is 9.10. The standard InChI is InChI=1S/C30H31NO7/c1-17(2)18-7-10-20(11-8-18)31-27(19-9-14-23(36-4)25(15-19)38-6)26(29(33)30(31)34)28(32)22-13-12-21(35-3)16-24(22)37-5/h7-17,27,32H,1-6H3/b28-26+. The van der Waals surface area contributed by atoms with E-state index in [4.69, 9.17) is 18.9 Å². The monoisotopic (exact) mass is 517 g/mol. The fourth-order valence-corrected chi connectivity index (χ4v) is 4.60. The molecule has 198 valence electrons. The highest BCUT2D eigenvalue weighted by atomic mass is 16.5. The Labute approximate surface area is 222 Å². The predicted octanol–water partition coefficient (Wildman–Crippen LogP) is 5.47. The number of ether oxygens (including phenoxy) is 4.